The van der Waals surface area contributed by atoms with E-state index in [9.17, 15) is 32.3 Å². The van der Waals surface area contributed by atoms with Gasteiger partial charge < -0.3 is 10.2 Å². The monoisotopic (exact) mass is 330 g/mol. The Morgan fingerprint density at radius 3 is 2.04 bits per heavy atom. The molecule has 1 saturated heterocycles. The summed E-state index contributed by atoms with van der Waals surface area (Å²) in [6.45, 7) is 0. The van der Waals surface area contributed by atoms with Crippen molar-refractivity contribution in [1.82, 2.24) is 5.06 Å². The lowest BCUT2D eigenvalue weighted by Crippen LogP contribution is -2.32. The molecule has 0 aliphatic carbocycles. The Balaban J connectivity index is 2.02. The molecule has 1 aliphatic rings. The van der Waals surface area contributed by atoms with Crippen LogP contribution in [0.3, 0.4) is 0 Å². The summed E-state index contributed by atoms with van der Waals surface area (Å²) >= 11 is 0. The van der Waals surface area contributed by atoms with Gasteiger partial charge in [-0.05, 0) is 24.3 Å². The van der Waals surface area contributed by atoms with Crippen molar-refractivity contribution >= 4 is 29.4 Å². The summed E-state index contributed by atoms with van der Waals surface area (Å²) in [4.78, 5) is 49.7. The van der Waals surface area contributed by atoms with Crippen molar-refractivity contribution in [2.45, 2.75) is 19.0 Å². The first kappa shape index (κ1) is 16.5. The van der Waals surface area contributed by atoms with Crippen molar-refractivity contribution in [2.75, 3.05) is 5.32 Å². The molecule has 1 aromatic rings. The van der Waals surface area contributed by atoms with E-state index in [4.69, 9.17) is 0 Å². The van der Waals surface area contributed by atoms with Gasteiger partial charge in [-0.1, -0.05) is 0 Å². The van der Waals surface area contributed by atoms with Gasteiger partial charge in [-0.15, -0.1) is 5.06 Å². The topological polar surface area (TPSA) is 92.8 Å². The molecule has 1 fully saturated rings. The molecule has 0 radical (unpaired) electrons. The maximum Gasteiger partial charge on any atom is 0.471 e. The summed E-state index contributed by atoms with van der Waals surface area (Å²) in [5.74, 6) is -4.49. The van der Waals surface area contributed by atoms with E-state index >= 15 is 0 Å². The smallest absolute Gasteiger partial charge is 0.325 e. The molecule has 3 amide bonds. The van der Waals surface area contributed by atoms with E-state index in [1.165, 1.54) is 0 Å². The Labute approximate surface area is 127 Å². The summed E-state index contributed by atoms with van der Waals surface area (Å²) < 4.78 is 36.3. The van der Waals surface area contributed by atoms with Gasteiger partial charge in [0.15, 0.2) is 0 Å². The van der Waals surface area contributed by atoms with E-state index in [1.54, 1.807) is 5.32 Å². The van der Waals surface area contributed by atoms with Crippen LogP contribution in [0.4, 0.5) is 18.9 Å². The molecule has 7 nitrogen and oxygen atoms in total. The molecule has 0 bridgehead atoms. The maximum atomic E-state index is 12.1. The van der Waals surface area contributed by atoms with Crippen LogP contribution in [-0.4, -0.2) is 34.9 Å². The number of halogens is 3. The van der Waals surface area contributed by atoms with Gasteiger partial charge in [0.05, 0.1) is 5.56 Å². The van der Waals surface area contributed by atoms with Gasteiger partial charge in [0, 0.05) is 18.5 Å². The molecule has 2 rings (SSSR count). The van der Waals surface area contributed by atoms with Gasteiger partial charge in [-0.2, -0.15) is 13.2 Å². The maximum absolute atomic E-state index is 12.1. The largest absolute Gasteiger partial charge is 0.471 e. The van der Waals surface area contributed by atoms with Crippen LogP contribution in [0.5, 0.6) is 0 Å². The van der Waals surface area contributed by atoms with Crippen molar-refractivity contribution in [1.29, 1.82) is 0 Å². The summed E-state index contributed by atoms with van der Waals surface area (Å²) in [6, 6.07) is 4.26. The van der Waals surface area contributed by atoms with Crippen molar-refractivity contribution in [2.24, 2.45) is 0 Å². The molecule has 0 unspecified atom stereocenters. The highest BCUT2D eigenvalue weighted by atomic mass is 19.4. The number of carbonyl (C=O) groups is 4. The number of rotatable bonds is 3. The third-order valence-corrected chi connectivity index (χ3v) is 2.82. The minimum Gasteiger partial charge on any atom is -0.325 e. The zero-order valence-corrected chi connectivity index (χ0v) is 11.3. The molecular formula is C13H9F3N2O5. The van der Waals surface area contributed by atoms with Crippen LogP contribution >= 0.6 is 0 Å². The molecule has 10 heteroatoms. The first-order valence-electron chi connectivity index (χ1n) is 6.25. The molecule has 0 atom stereocenters. The summed E-state index contributed by atoms with van der Waals surface area (Å²) in [7, 11) is 0. The quantitative estimate of drug-likeness (QED) is 0.846. The number of nitrogens with zero attached hydrogens (tertiary/aromatic N) is 1. The van der Waals surface area contributed by atoms with Crippen molar-refractivity contribution < 1.29 is 37.2 Å². The second-order valence-corrected chi connectivity index (χ2v) is 4.49. The first-order chi connectivity index (χ1) is 10.7. The number of amides is 3. The van der Waals surface area contributed by atoms with Crippen LogP contribution < -0.4 is 5.32 Å². The predicted molar refractivity (Wildman–Crippen MR) is 67.6 cm³/mol. The fourth-order valence-electron chi connectivity index (χ4n) is 1.69. The lowest BCUT2D eigenvalue weighted by molar-refractivity contribution is -0.172. The fraction of sp³-hybridized carbons (Fsp3) is 0.231. The van der Waals surface area contributed by atoms with Gasteiger partial charge in [-0.25, -0.2) is 4.79 Å². The number of hydroxylamine groups is 2. The highest BCUT2D eigenvalue weighted by molar-refractivity contribution is 6.03. The third kappa shape index (κ3) is 3.84. The summed E-state index contributed by atoms with van der Waals surface area (Å²) in [5, 5.41) is 1.95. The fourth-order valence-corrected chi connectivity index (χ4v) is 1.69. The molecule has 122 valence electrons. The number of carbonyl (C=O) groups excluding carboxylic acids is 4. The average molecular weight is 330 g/mol. The second kappa shape index (κ2) is 6.07. The predicted octanol–water partition coefficient (Wildman–Crippen LogP) is 1.41. The van der Waals surface area contributed by atoms with Gasteiger partial charge in [0.25, 0.3) is 11.8 Å². The van der Waals surface area contributed by atoms with E-state index in [2.05, 4.69) is 4.84 Å². The van der Waals surface area contributed by atoms with E-state index in [1.807, 2.05) is 0 Å². The molecule has 1 aliphatic heterocycles. The van der Waals surface area contributed by atoms with Gasteiger partial charge >= 0.3 is 18.1 Å². The van der Waals surface area contributed by atoms with E-state index in [0.29, 0.717) is 5.06 Å². The number of hydrogen-bond acceptors (Lipinski definition) is 5. The number of alkyl halides is 3. The molecule has 1 heterocycles. The highest BCUT2D eigenvalue weighted by Gasteiger charge is 2.38. The van der Waals surface area contributed by atoms with Crippen LogP contribution in [0.25, 0.3) is 0 Å². The normalized spacial score (nSPS) is 14.8. The molecule has 0 spiro atoms. The molecule has 23 heavy (non-hydrogen) atoms. The Morgan fingerprint density at radius 1 is 1.04 bits per heavy atom. The zero-order chi connectivity index (χ0) is 17.2. The Hall–Kier alpha value is -2.91. The Morgan fingerprint density at radius 2 is 1.57 bits per heavy atom. The average Bonchev–Trinajstić information content (AvgIpc) is 2.79. The standard InChI is InChI=1S/C13H9F3N2O5/c14-13(15,16)12(22)17-8-3-1-7(2-4-8)11(21)23-18-9(19)5-6-10(18)20/h1-4H,5-6H2,(H,17,22). The van der Waals surface area contributed by atoms with Crippen LogP contribution in [0.1, 0.15) is 23.2 Å². The second-order valence-electron chi connectivity index (χ2n) is 4.49. The van der Waals surface area contributed by atoms with Crippen molar-refractivity contribution in [3.63, 3.8) is 0 Å². The van der Waals surface area contributed by atoms with Crippen molar-refractivity contribution in [3.8, 4) is 0 Å². The van der Waals surface area contributed by atoms with Crippen LogP contribution in [0.15, 0.2) is 24.3 Å². The summed E-state index contributed by atoms with van der Waals surface area (Å²) in [6.07, 6.45) is -5.16. The molecule has 0 saturated carbocycles. The van der Waals surface area contributed by atoms with E-state index < -0.39 is 29.9 Å². The molecule has 1 aromatic carbocycles. The lowest BCUT2D eigenvalue weighted by Gasteiger charge is -2.13. The summed E-state index contributed by atoms with van der Waals surface area (Å²) in [5.41, 5.74) is -0.292. The third-order valence-electron chi connectivity index (χ3n) is 2.82. The number of nitrogens with one attached hydrogen (secondary N) is 1. The molecule has 0 aromatic heterocycles. The zero-order valence-electron chi connectivity index (χ0n) is 11.3. The lowest BCUT2D eigenvalue weighted by atomic mass is 10.2. The van der Waals surface area contributed by atoms with Gasteiger partial charge in [0.2, 0.25) is 0 Å². The van der Waals surface area contributed by atoms with Gasteiger partial charge in [0.1, 0.15) is 0 Å². The van der Waals surface area contributed by atoms with Crippen molar-refractivity contribution in [3.05, 3.63) is 29.8 Å². The van der Waals surface area contributed by atoms with Gasteiger partial charge in [-0.3, -0.25) is 14.4 Å². The highest BCUT2D eigenvalue weighted by Crippen LogP contribution is 2.19. The molecule has 1 N–H and O–H groups in total. The van der Waals surface area contributed by atoms with Crippen LogP contribution in [0, 0.1) is 0 Å². The Bertz CT molecular complexity index is 653. The van der Waals surface area contributed by atoms with E-state index in [0.717, 1.165) is 24.3 Å². The number of imide groups is 1. The minimum atomic E-state index is -5.03. The number of hydrogen-bond donors (Lipinski definition) is 1. The number of anilines is 1. The molecular weight excluding hydrogens is 321 g/mol. The SMILES string of the molecule is O=C(ON1C(=O)CCC1=O)c1ccc(NC(=O)C(F)(F)F)cc1. The number of benzene rings is 1. The van der Waals surface area contributed by atoms with Crippen LogP contribution in [-0.2, 0) is 19.2 Å². The minimum absolute atomic E-state index is 0.0610. The van der Waals surface area contributed by atoms with E-state index in [-0.39, 0.29) is 24.1 Å². The van der Waals surface area contributed by atoms with Crippen LogP contribution in [0.2, 0.25) is 0 Å². The Kier molecular flexibility index (Phi) is 4.34. The first-order valence-corrected chi connectivity index (χ1v) is 6.25.